The molecule has 0 unspecified atom stereocenters. The van der Waals surface area contributed by atoms with Crippen LogP contribution >= 0.6 is 23.5 Å². The number of Topliss-reactive ketones (excluding diaryl/α,β-unsaturated/α-hetero) is 1. The fourth-order valence-electron chi connectivity index (χ4n) is 2.41. The Hall–Kier alpha value is -2.06. The maximum atomic E-state index is 12.3. The summed E-state index contributed by atoms with van der Waals surface area (Å²) in [4.78, 5) is 40.9. The zero-order valence-corrected chi connectivity index (χ0v) is 15.5. The van der Waals surface area contributed by atoms with Gasteiger partial charge in [0.15, 0.2) is 10.9 Å². The number of fused-ring (bicyclic) bond motifs is 1. The van der Waals surface area contributed by atoms with Crippen molar-refractivity contribution >= 4 is 40.9 Å². The van der Waals surface area contributed by atoms with Gasteiger partial charge in [0.1, 0.15) is 0 Å². The number of amides is 1. The minimum Gasteiger partial charge on any atom is -0.325 e. The number of hydrogen-bond acceptors (Lipinski definition) is 6. The molecule has 2 heterocycles. The average Bonchev–Trinajstić information content (AvgIpc) is 3.06. The van der Waals surface area contributed by atoms with E-state index < -0.39 is 0 Å². The molecule has 6 nitrogen and oxygen atoms in total. The number of anilines is 1. The summed E-state index contributed by atoms with van der Waals surface area (Å²) in [7, 11) is 1.68. The van der Waals surface area contributed by atoms with Crippen molar-refractivity contribution in [1.82, 2.24) is 9.55 Å². The molecule has 130 valence electrons. The molecule has 0 saturated heterocycles. The van der Waals surface area contributed by atoms with Gasteiger partial charge in [-0.25, -0.2) is 4.98 Å². The van der Waals surface area contributed by atoms with Crippen LogP contribution in [-0.2, 0) is 18.3 Å². The van der Waals surface area contributed by atoms with Gasteiger partial charge in [-0.05, 0) is 31.2 Å². The smallest absolute Gasteiger partial charge is 0.267 e. The third-order valence-electron chi connectivity index (χ3n) is 3.77. The van der Waals surface area contributed by atoms with Crippen molar-refractivity contribution in [3.63, 3.8) is 0 Å². The number of ketones is 1. The van der Waals surface area contributed by atoms with Crippen molar-refractivity contribution in [3.05, 3.63) is 45.9 Å². The van der Waals surface area contributed by atoms with Gasteiger partial charge in [-0.2, -0.15) is 0 Å². The van der Waals surface area contributed by atoms with Crippen LogP contribution in [0.5, 0.6) is 0 Å². The Kier molecular flexibility index (Phi) is 5.29. The Morgan fingerprint density at radius 1 is 1.32 bits per heavy atom. The highest BCUT2D eigenvalue weighted by molar-refractivity contribution is 8.00. The van der Waals surface area contributed by atoms with E-state index in [0.717, 1.165) is 22.8 Å². The molecule has 0 aliphatic carbocycles. The second-order valence-electron chi connectivity index (χ2n) is 5.60. The molecule has 0 radical (unpaired) electrons. The van der Waals surface area contributed by atoms with E-state index in [1.54, 1.807) is 31.3 Å². The summed E-state index contributed by atoms with van der Waals surface area (Å²) in [5.41, 5.74) is 2.01. The highest BCUT2D eigenvalue weighted by Crippen LogP contribution is 2.28. The molecular formula is C17H17N3O3S2. The van der Waals surface area contributed by atoms with Crippen molar-refractivity contribution in [1.29, 1.82) is 0 Å². The number of nitrogens with zero attached hydrogens (tertiary/aromatic N) is 2. The molecule has 0 saturated carbocycles. The molecule has 1 aliphatic rings. The van der Waals surface area contributed by atoms with E-state index in [2.05, 4.69) is 10.3 Å². The largest absolute Gasteiger partial charge is 0.325 e. The van der Waals surface area contributed by atoms with Crippen molar-refractivity contribution in [2.75, 3.05) is 16.8 Å². The summed E-state index contributed by atoms with van der Waals surface area (Å²) >= 11 is 2.78. The maximum absolute atomic E-state index is 12.3. The molecule has 8 heteroatoms. The molecule has 3 rings (SSSR count). The van der Waals surface area contributed by atoms with Crippen LogP contribution in [-0.4, -0.2) is 32.7 Å². The minimum atomic E-state index is -0.190. The molecule has 2 aromatic rings. The van der Waals surface area contributed by atoms with E-state index in [4.69, 9.17) is 0 Å². The molecule has 1 aromatic carbocycles. The second kappa shape index (κ2) is 7.45. The maximum Gasteiger partial charge on any atom is 0.267 e. The van der Waals surface area contributed by atoms with Gasteiger partial charge in [0, 0.05) is 30.5 Å². The van der Waals surface area contributed by atoms with Crippen LogP contribution in [0.25, 0.3) is 0 Å². The normalized spacial score (nSPS) is 12.7. The zero-order valence-electron chi connectivity index (χ0n) is 13.9. The highest BCUT2D eigenvalue weighted by Gasteiger charge is 2.20. The molecule has 0 fully saturated rings. The fraction of sp³-hybridized carbons (Fsp3) is 0.294. The second-order valence-corrected chi connectivity index (χ2v) is 7.65. The van der Waals surface area contributed by atoms with Crippen LogP contribution in [0, 0.1) is 0 Å². The molecular weight excluding hydrogens is 358 g/mol. The van der Waals surface area contributed by atoms with Crippen molar-refractivity contribution < 1.29 is 9.59 Å². The monoisotopic (exact) mass is 375 g/mol. The number of carbonyl (C=O) groups is 2. The molecule has 0 bridgehead atoms. The quantitative estimate of drug-likeness (QED) is 0.491. The van der Waals surface area contributed by atoms with Crippen molar-refractivity contribution in [2.24, 2.45) is 7.05 Å². The van der Waals surface area contributed by atoms with E-state index in [-0.39, 0.29) is 23.0 Å². The van der Waals surface area contributed by atoms with Crippen molar-refractivity contribution in [3.8, 4) is 0 Å². The lowest BCUT2D eigenvalue weighted by atomic mass is 10.1. The van der Waals surface area contributed by atoms with Crippen molar-refractivity contribution in [2.45, 2.75) is 23.4 Å². The van der Waals surface area contributed by atoms with Crippen LogP contribution < -0.4 is 10.9 Å². The highest BCUT2D eigenvalue weighted by atomic mass is 32.2. The standard InChI is InChI=1S/C17H17N3O3S2/c1-10(21)11-3-5-12(6-4-11)18-14(22)9-25-17-19-13-7-8-24-15(13)16(23)20(17)2/h3-6H,7-9H2,1-2H3,(H,18,22). The molecule has 1 N–H and O–H groups in total. The summed E-state index contributed by atoms with van der Waals surface area (Å²) < 4.78 is 1.50. The van der Waals surface area contributed by atoms with E-state index in [0.29, 0.717) is 16.4 Å². The Morgan fingerprint density at radius 3 is 2.72 bits per heavy atom. The Bertz CT molecular complexity index is 891. The van der Waals surface area contributed by atoms with E-state index in [1.165, 1.54) is 35.0 Å². The van der Waals surface area contributed by atoms with Crippen LogP contribution in [0.15, 0.2) is 39.1 Å². The van der Waals surface area contributed by atoms with Crippen LogP contribution in [0.1, 0.15) is 23.0 Å². The predicted octanol–water partition coefficient (Wildman–Crippen LogP) is 2.36. The first-order valence-electron chi connectivity index (χ1n) is 7.72. The van der Waals surface area contributed by atoms with Gasteiger partial charge >= 0.3 is 0 Å². The van der Waals surface area contributed by atoms with Gasteiger partial charge in [0.2, 0.25) is 5.91 Å². The first-order valence-corrected chi connectivity index (χ1v) is 9.69. The third-order valence-corrected chi connectivity index (χ3v) is 5.91. The molecule has 1 aliphatic heterocycles. The van der Waals surface area contributed by atoms with Gasteiger partial charge in [-0.1, -0.05) is 11.8 Å². The van der Waals surface area contributed by atoms with E-state index >= 15 is 0 Å². The van der Waals surface area contributed by atoms with Gasteiger partial charge in [0.05, 0.1) is 16.3 Å². The fourth-order valence-corrected chi connectivity index (χ4v) is 4.27. The number of rotatable bonds is 5. The lowest BCUT2D eigenvalue weighted by molar-refractivity contribution is -0.113. The number of benzene rings is 1. The number of carbonyl (C=O) groups excluding carboxylic acids is 2. The first kappa shape index (κ1) is 17.8. The summed E-state index contributed by atoms with van der Waals surface area (Å²) in [6, 6.07) is 6.74. The summed E-state index contributed by atoms with van der Waals surface area (Å²) in [5, 5.41) is 3.32. The number of thioether (sulfide) groups is 2. The summed E-state index contributed by atoms with van der Waals surface area (Å²) in [5.74, 6) is 0.822. The number of nitrogens with one attached hydrogen (secondary N) is 1. The SMILES string of the molecule is CC(=O)c1ccc(NC(=O)CSc2nc3c(c(=O)n2C)SCC3)cc1. The minimum absolute atomic E-state index is 0.0183. The number of aryl methyl sites for hydroxylation is 1. The number of aromatic nitrogens is 2. The predicted molar refractivity (Wildman–Crippen MR) is 99.7 cm³/mol. The zero-order chi connectivity index (χ0) is 18.0. The lowest BCUT2D eigenvalue weighted by Gasteiger charge is -2.09. The topological polar surface area (TPSA) is 81.1 Å². The molecule has 1 aromatic heterocycles. The summed E-state index contributed by atoms with van der Waals surface area (Å²) in [6.45, 7) is 1.50. The molecule has 1 amide bonds. The lowest BCUT2D eigenvalue weighted by Crippen LogP contribution is -2.23. The van der Waals surface area contributed by atoms with Crippen LogP contribution in [0.4, 0.5) is 5.69 Å². The van der Waals surface area contributed by atoms with Gasteiger partial charge in [-0.15, -0.1) is 11.8 Å². The Morgan fingerprint density at radius 2 is 2.04 bits per heavy atom. The average molecular weight is 375 g/mol. The van der Waals surface area contributed by atoms with Crippen LogP contribution in [0.3, 0.4) is 0 Å². The van der Waals surface area contributed by atoms with Gasteiger partial charge in [-0.3, -0.25) is 19.0 Å². The van der Waals surface area contributed by atoms with E-state index in [1.807, 2.05) is 0 Å². The molecule has 25 heavy (non-hydrogen) atoms. The van der Waals surface area contributed by atoms with E-state index in [9.17, 15) is 14.4 Å². The Balaban J connectivity index is 1.64. The Labute approximate surface area is 153 Å². The van der Waals surface area contributed by atoms with Crippen LogP contribution in [0.2, 0.25) is 0 Å². The molecule has 0 spiro atoms. The first-order chi connectivity index (χ1) is 12.0. The third kappa shape index (κ3) is 3.96. The summed E-state index contributed by atoms with van der Waals surface area (Å²) in [6.07, 6.45) is 0.790. The molecule has 0 atom stereocenters. The van der Waals surface area contributed by atoms with Gasteiger partial charge in [0.25, 0.3) is 5.56 Å². The van der Waals surface area contributed by atoms with Gasteiger partial charge < -0.3 is 5.32 Å². The number of hydrogen-bond donors (Lipinski definition) is 1.